The third-order valence-corrected chi connectivity index (χ3v) is 6.71. The second-order valence-electron chi connectivity index (χ2n) is 7.04. The maximum absolute atomic E-state index is 13.1. The number of fused-ring (bicyclic) bond motifs is 1. The van der Waals surface area contributed by atoms with Gasteiger partial charge in [0.2, 0.25) is 10.0 Å². The third kappa shape index (κ3) is 4.07. The van der Waals surface area contributed by atoms with E-state index in [0.717, 1.165) is 5.56 Å². The molecule has 2 N–H and O–H groups in total. The normalized spacial score (nSPS) is 12.7. The second-order valence-corrected chi connectivity index (χ2v) is 9.16. The van der Waals surface area contributed by atoms with Crippen LogP contribution in [-0.2, 0) is 10.0 Å². The van der Waals surface area contributed by atoms with Gasteiger partial charge >= 0.3 is 5.63 Å². The zero-order valence-electron chi connectivity index (χ0n) is 16.4. The highest BCUT2D eigenvalue weighted by Crippen LogP contribution is 2.36. The van der Waals surface area contributed by atoms with Crippen LogP contribution in [0, 0.1) is 6.92 Å². The number of nitrogens with one attached hydrogen (secondary N) is 1. The highest BCUT2D eigenvalue weighted by atomic mass is 35.5. The Kier molecular flexibility index (Phi) is 5.58. The van der Waals surface area contributed by atoms with E-state index < -0.39 is 21.7 Å². The Bertz CT molecular complexity index is 1430. The van der Waals surface area contributed by atoms with Gasteiger partial charge in [0.1, 0.15) is 16.9 Å². The summed E-state index contributed by atoms with van der Waals surface area (Å²) in [6.07, 6.45) is 0. The Hall–Kier alpha value is -3.13. The van der Waals surface area contributed by atoms with Crippen molar-refractivity contribution in [2.24, 2.45) is 0 Å². The molecule has 1 heterocycles. The molecule has 6 nitrogen and oxygen atoms in total. The number of para-hydroxylation sites is 1. The number of sulfonamides is 1. The van der Waals surface area contributed by atoms with Crippen molar-refractivity contribution >= 4 is 32.6 Å². The minimum atomic E-state index is -4.08. The molecule has 1 aromatic heterocycles. The van der Waals surface area contributed by atoms with Gasteiger partial charge in [0.05, 0.1) is 16.3 Å². The molecule has 4 rings (SSSR count). The first-order chi connectivity index (χ1) is 14.8. The van der Waals surface area contributed by atoms with Crippen LogP contribution in [0.4, 0.5) is 0 Å². The van der Waals surface area contributed by atoms with Crippen molar-refractivity contribution in [1.29, 1.82) is 0 Å². The molecule has 0 radical (unpaired) electrons. The summed E-state index contributed by atoms with van der Waals surface area (Å²) in [7, 11) is -4.08. The molecule has 0 aliphatic carbocycles. The summed E-state index contributed by atoms with van der Waals surface area (Å²) in [5.74, 6) is -0.372. The van der Waals surface area contributed by atoms with Gasteiger partial charge in [0.25, 0.3) is 0 Å². The quantitative estimate of drug-likeness (QED) is 0.431. The number of aryl methyl sites for hydroxylation is 1. The van der Waals surface area contributed by atoms with Crippen molar-refractivity contribution in [2.45, 2.75) is 17.9 Å². The third-order valence-electron chi connectivity index (χ3n) is 4.93. The van der Waals surface area contributed by atoms with Crippen molar-refractivity contribution in [3.05, 3.63) is 105 Å². The predicted molar refractivity (Wildman–Crippen MR) is 119 cm³/mol. The first-order valence-electron chi connectivity index (χ1n) is 9.36. The SMILES string of the molecule is Cc1ccc(S(=O)(=O)NC(c2ccccc2Cl)c2c(O)c3ccccc3oc2=O)cc1. The van der Waals surface area contributed by atoms with Crippen molar-refractivity contribution in [3.8, 4) is 5.75 Å². The maximum atomic E-state index is 13.1. The van der Waals surface area contributed by atoms with Crippen molar-refractivity contribution in [2.75, 3.05) is 0 Å². The molecule has 158 valence electrons. The van der Waals surface area contributed by atoms with Crippen LogP contribution in [0.5, 0.6) is 5.75 Å². The molecule has 8 heteroatoms. The van der Waals surface area contributed by atoms with E-state index in [2.05, 4.69) is 4.72 Å². The monoisotopic (exact) mass is 455 g/mol. The van der Waals surface area contributed by atoms with Crippen LogP contribution in [0.25, 0.3) is 11.0 Å². The van der Waals surface area contributed by atoms with Gasteiger partial charge in [-0.05, 0) is 42.8 Å². The smallest absolute Gasteiger partial charge is 0.345 e. The maximum Gasteiger partial charge on any atom is 0.345 e. The summed E-state index contributed by atoms with van der Waals surface area (Å²) in [6, 6.07) is 17.9. The lowest BCUT2D eigenvalue weighted by molar-refractivity contribution is 0.448. The molecule has 0 amide bonds. The molecule has 1 atom stereocenters. The van der Waals surface area contributed by atoms with Crippen molar-refractivity contribution < 1.29 is 17.9 Å². The van der Waals surface area contributed by atoms with Crippen LogP contribution in [-0.4, -0.2) is 13.5 Å². The number of hydrogen-bond acceptors (Lipinski definition) is 5. The zero-order valence-corrected chi connectivity index (χ0v) is 17.9. The molecule has 3 aromatic carbocycles. The lowest BCUT2D eigenvalue weighted by Gasteiger charge is -2.21. The summed E-state index contributed by atoms with van der Waals surface area (Å²) >= 11 is 6.34. The van der Waals surface area contributed by atoms with E-state index in [1.807, 2.05) is 6.92 Å². The van der Waals surface area contributed by atoms with Gasteiger partial charge in [0.15, 0.2) is 0 Å². The van der Waals surface area contributed by atoms with Crippen LogP contribution in [0.2, 0.25) is 5.02 Å². The fourth-order valence-corrected chi connectivity index (χ4v) is 4.76. The molecule has 0 saturated heterocycles. The molecule has 0 bridgehead atoms. The second kappa shape index (κ2) is 8.19. The Morgan fingerprint density at radius 3 is 2.32 bits per heavy atom. The zero-order chi connectivity index (χ0) is 22.2. The van der Waals surface area contributed by atoms with Gasteiger partial charge in [-0.1, -0.05) is 59.6 Å². The predicted octanol–water partition coefficient (Wildman–Crippen LogP) is 4.53. The summed E-state index contributed by atoms with van der Waals surface area (Å²) in [6.45, 7) is 1.84. The molecule has 0 fully saturated rings. The van der Waals surface area contributed by atoms with E-state index in [4.69, 9.17) is 16.0 Å². The summed E-state index contributed by atoms with van der Waals surface area (Å²) in [4.78, 5) is 12.9. The minimum absolute atomic E-state index is 0.0137. The van der Waals surface area contributed by atoms with Gasteiger partial charge in [0, 0.05) is 5.02 Å². The fraction of sp³-hybridized carbons (Fsp3) is 0.0870. The van der Waals surface area contributed by atoms with Crippen LogP contribution in [0.3, 0.4) is 0 Å². The number of aromatic hydroxyl groups is 1. The topological polar surface area (TPSA) is 96.6 Å². The average molecular weight is 456 g/mol. The molecule has 0 saturated carbocycles. The Morgan fingerprint density at radius 2 is 1.61 bits per heavy atom. The summed E-state index contributed by atoms with van der Waals surface area (Å²) in [5, 5.41) is 11.4. The van der Waals surface area contributed by atoms with Crippen molar-refractivity contribution in [1.82, 2.24) is 4.72 Å². The number of rotatable bonds is 5. The highest BCUT2D eigenvalue weighted by Gasteiger charge is 2.30. The molecular weight excluding hydrogens is 438 g/mol. The number of hydrogen-bond donors (Lipinski definition) is 2. The van der Waals surface area contributed by atoms with Crippen LogP contribution in [0.1, 0.15) is 22.7 Å². The van der Waals surface area contributed by atoms with Gasteiger partial charge < -0.3 is 9.52 Å². The Labute approximate surface area is 183 Å². The Morgan fingerprint density at radius 1 is 0.968 bits per heavy atom. The molecule has 1 unspecified atom stereocenters. The van der Waals surface area contributed by atoms with E-state index in [9.17, 15) is 18.3 Å². The van der Waals surface area contributed by atoms with E-state index in [0.29, 0.717) is 5.56 Å². The van der Waals surface area contributed by atoms with Gasteiger partial charge in [-0.25, -0.2) is 13.2 Å². The number of halogens is 1. The molecule has 0 aliphatic heterocycles. The fourth-order valence-electron chi connectivity index (χ4n) is 3.33. The van der Waals surface area contributed by atoms with Gasteiger partial charge in [-0.3, -0.25) is 0 Å². The summed E-state index contributed by atoms with van der Waals surface area (Å²) in [5.41, 5.74) is 0.274. The lowest BCUT2D eigenvalue weighted by atomic mass is 9.99. The van der Waals surface area contributed by atoms with Gasteiger partial charge in [-0.15, -0.1) is 0 Å². The average Bonchev–Trinajstić information content (AvgIpc) is 2.74. The first-order valence-corrected chi connectivity index (χ1v) is 11.2. The van der Waals surface area contributed by atoms with Crippen LogP contribution >= 0.6 is 11.6 Å². The van der Waals surface area contributed by atoms with Crippen LogP contribution in [0.15, 0.2) is 86.9 Å². The standard InChI is InChI=1S/C23H18ClNO5S/c1-14-10-12-15(13-11-14)31(28,29)25-21(16-6-2-4-8-18(16)24)20-22(26)17-7-3-5-9-19(17)30-23(20)27/h2-13,21,25-26H,1H3. The van der Waals surface area contributed by atoms with E-state index in [1.165, 1.54) is 12.1 Å². The van der Waals surface area contributed by atoms with E-state index in [1.54, 1.807) is 60.7 Å². The highest BCUT2D eigenvalue weighted by molar-refractivity contribution is 7.89. The molecule has 4 aromatic rings. The molecule has 0 aliphatic rings. The molecule has 31 heavy (non-hydrogen) atoms. The Balaban J connectivity index is 1.93. The van der Waals surface area contributed by atoms with Gasteiger partial charge in [-0.2, -0.15) is 4.72 Å². The minimum Gasteiger partial charge on any atom is -0.507 e. The van der Waals surface area contributed by atoms with E-state index in [-0.39, 0.29) is 32.2 Å². The van der Waals surface area contributed by atoms with E-state index >= 15 is 0 Å². The van der Waals surface area contributed by atoms with Crippen LogP contribution < -0.4 is 10.3 Å². The van der Waals surface area contributed by atoms with Crippen molar-refractivity contribution in [3.63, 3.8) is 0 Å². The lowest BCUT2D eigenvalue weighted by Crippen LogP contribution is -2.32. The summed E-state index contributed by atoms with van der Waals surface area (Å²) < 4.78 is 34.1. The molecular formula is C23H18ClNO5S. The molecule has 0 spiro atoms. The number of benzene rings is 3. The largest absolute Gasteiger partial charge is 0.507 e. The first kappa shape index (κ1) is 21.1.